The normalized spacial score (nSPS) is 17.9. The Balaban J connectivity index is 1.93. The number of likely N-dealkylation sites (N-methyl/N-ethyl adjacent to an activating group) is 1. The van der Waals surface area contributed by atoms with Crippen molar-refractivity contribution in [3.8, 4) is 0 Å². The topological polar surface area (TPSA) is 41.0 Å². The zero-order chi connectivity index (χ0) is 13.9. The van der Waals surface area contributed by atoms with E-state index in [1.165, 1.54) is 23.5 Å². The third-order valence-electron chi connectivity index (χ3n) is 3.66. The average Bonchev–Trinajstić information content (AvgIpc) is 2.48. The van der Waals surface area contributed by atoms with Gasteiger partial charge in [-0.1, -0.05) is 24.3 Å². The van der Waals surface area contributed by atoms with Crippen LogP contribution in [-0.4, -0.2) is 29.6 Å². The van der Waals surface area contributed by atoms with Crippen LogP contribution < -0.4 is 10.2 Å². The van der Waals surface area contributed by atoms with Crippen LogP contribution in [-0.2, 0) is 13.0 Å². The van der Waals surface area contributed by atoms with Crippen LogP contribution in [0.15, 0.2) is 36.7 Å². The van der Waals surface area contributed by atoms with Gasteiger partial charge < -0.3 is 10.2 Å². The molecule has 5 heteroatoms. The summed E-state index contributed by atoms with van der Waals surface area (Å²) >= 11 is 0. The molecular formula is C15H17FN4. The fraction of sp³-hybridized carbons (Fsp3) is 0.333. The summed E-state index contributed by atoms with van der Waals surface area (Å²) in [4.78, 5) is 10.4. The van der Waals surface area contributed by atoms with Gasteiger partial charge in [0.2, 0.25) is 5.95 Å². The molecule has 104 valence electrons. The maximum atomic E-state index is 13.0. The van der Waals surface area contributed by atoms with Gasteiger partial charge >= 0.3 is 0 Å². The fourth-order valence-electron chi connectivity index (χ4n) is 2.69. The van der Waals surface area contributed by atoms with E-state index in [1.54, 1.807) is 0 Å². The van der Waals surface area contributed by atoms with Gasteiger partial charge in [0.05, 0.1) is 12.4 Å². The highest BCUT2D eigenvalue weighted by atomic mass is 19.1. The van der Waals surface area contributed by atoms with E-state index in [-0.39, 0.29) is 6.04 Å². The first-order valence-corrected chi connectivity index (χ1v) is 6.73. The molecular weight excluding hydrogens is 255 g/mol. The van der Waals surface area contributed by atoms with Gasteiger partial charge in [-0.25, -0.2) is 14.4 Å². The Hall–Kier alpha value is -2.01. The molecule has 0 spiro atoms. The molecule has 20 heavy (non-hydrogen) atoms. The number of hydrogen-bond donors (Lipinski definition) is 1. The number of aromatic nitrogens is 2. The molecule has 0 saturated heterocycles. The molecule has 1 aromatic heterocycles. The van der Waals surface area contributed by atoms with E-state index in [1.807, 2.05) is 13.1 Å². The van der Waals surface area contributed by atoms with E-state index in [9.17, 15) is 4.39 Å². The molecule has 0 bridgehead atoms. The number of rotatable bonds is 3. The van der Waals surface area contributed by atoms with E-state index in [4.69, 9.17) is 0 Å². The monoisotopic (exact) mass is 272 g/mol. The van der Waals surface area contributed by atoms with Crippen molar-refractivity contribution in [1.29, 1.82) is 0 Å². The minimum atomic E-state index is -0.406. The Bertz CT molecular complexity index is 585. The maximum absolute atomic E-state index is 13.0. The number of halogens is 1. The second-order valence-electron chi connectivity index (χ2n) is 5.01. The van der Waals surface area contributed by atoms with Gasteiger partial charge in [0.25, 0.3) is 0 Å². The van der Waals surface area contributed by atoms with Gasteiger partial charge in [-0.3, -0.25) is 0 Å². The number of hydrogen-bond acceptors (Lipinski definition) is 4. The first kappa shape index (κ1) is 13.0. The minimum Gasteiger partial charge on any atom is -0.332 e. The standard InChI is InChI=1S/C15H17FN4/c1-17-9-14-6-11-4-2-3-5-12(11)10-20(14)15-18-7-13(16)8-19-15/h2-5,7-8,14,17H,6,9-10H2,1H3. The minimum absolute atomic E-state index is 0.278. The summed E-state index contributed by atoms with van der Waals surface area (Å²) in [7, 11) is 1.93. The highest BCUT2D eigenvalue weighted by molar-refractivity contribution is 5.41. The van der Waals surface area contributed by atoms with Gasteiger partial charge in [0.15, 0.2) is 5.82 Å². The van der Waals surface area contributed by atoms with Gasteiger partial charge in [-0.2, -0.15) is 0 Å². The number of anilines is 1. The summed E-state index contributed by atoms with van der Waals surface area (Å²) in [6, 6.07) is 8.68. The van der Waals surface area contributed by atoms with Crippen molar-refractivity contribution in [2.75, 3.05) is 18.5 Å². The predicted molar refractivity (Wildman–Crippen MR) is 76.0 cm³/mol. The van der Waals surface area contributed by atoms with Crippen LogP contribution in [0.2, 0.25) is 0 Å². The van der Waals surface area contributed by atoms with Crippen molar-refractivity contribution in [3.63, 3.8) is 0 Å². The lowest BCUT2D eigenvalue weighted by atomic mass is 9.94. The van der Waals surface area contributed by atoms with Gasteiger partial charge in [0.1, 0.15) is 0 Å². The number of nitrogens with zero attached hydrogens (tertiary/aromatic N) is 3. The Morgan fingerprint density at radius 1 is 1.25 bits per heavy atom. The lowest BCUT2D eigenvalue weighted by Gasteiger charge is -2.36. The van der Waals surface area contributed by atoms with Crippen molar-refractivity contribution in [2.24, 2.45) is 0 Å². The summed E-state index contributed by atoms with van der Waals surface area (Å²) in [5.41, 5.74) is 2.65. The molecule has 1 aliphatic rings. The molecule has 1 aliphatic heterocycles. The Kier molecular flexibility index (Phi) is 3.60. The van der Waals surface area contributed by atoms with Crippen molar-refractivity contribution in [3.05, 3.63) is 53.6 Å². The van der Waals surface area contributed by atoms with Gasteiger partial charge in [0, 0.05) is 19.1 Å². The molecule has 2 heterocycles. The van der Waals surface area contributed by atoms with Crippen LogP contribution in [0, 0.1) is 5.82 Å². The second-order valence-corrected chi connectivity index (χ2v) is 5.01. The van der Waals surface area contributed by atoms with E-state index < -0.39 is 5.82 Å². The number of nitrogens with one attached hydrogen (secondary N) is 1. The molecule has 0 radical (unpaired) electrons. The lowest BCUT2D eigenvalue weighted by Crippen LogP contribution is -2.46. The second kappa shape index (κ2) is 5.54. The highest BCUT2D eigenvalue weighted by Crippen LogP contribution is 2.25. The van der Waals surface area contributed by atoms with Gasteiger partial charge in [-0.05, 0) is 24.6 Å². The van der Waals surface area contributed by atoms with Gasteiger partial charge in [-0.15, -0.1) is 0 Å². The van der Waals surface area contributed by atoms with E-state index in [0.29, 0.717) is 5.95 Å². The fourth-order valence-corrected chi connectivity index (χ4v) is 2.69. The zero-order valence-corrected chi connectivity index (χ0v) is 11.4. The van der Waals surface area contributed by atoms with Crippen LogP contribution in [0.4, 0.5) is 10.3 Å². The summed E-state index contributed by atoms with van der Waals surface area (Å²) in [5.74, 6) is 0.178. The molecule has 0 saturated carbocycles. The maximum Gasteiger partial charge on any atom is 0.226 e. The molecule has 3 rings (SSSR count). The van der Waals surface area contributed by atoms with E-state index in [2.05, 4.69) is 38.4 Å². The summed E-state index contributed by atoms with van der Waals surface area (Å²) in [6.45, 7) is 1.60. The molecule has 4 nitrogen and oxygen atoms in total. The van der Waals surface area contributed by atoms with Crippen LogP contribution in [0.3, 0.4) is 0 Å². The van der Waals surface area contributed by atoms with Crippen molar-refractivity contribution < 1.29 is 4.39 Å². The third-order valence-corrected chi connectivity index (χ3v) is 3.66. The molecule has 1 unspecified atom stereocenters. The Morgan fingerprint density at radius 3 is 2.65 bits per heavy atom. The number of fused-ring (bicyclic) bond motifs is 1. The SMILES string of the molecule is CNCC1Cc2ccccc2CN1c1ncc(F)cn1. The molecule has 1 N–H and O–H groups in total. The molecule has 1 atom stereocenters. The largest absolute Gasteiger partial charge is 0.332 e. The zero-order valence-electron chi connectivity index (χ0n) is 11.4. The first-order chi connectivity index (χ1) is 9.78. The molecule has 0 aliphatic carbocycles. The third kappa shape index (κ3) is 2.49. The van der Waals surface area contributed by atoms with Crippen LogP contribution in [0.1, 0.15) is 11.1 Å². The Morgan fingerprint density at radius 2 is 1.95 bits per heavy atom. The van der Waals surface area contributed by atoms with Crippen molar-refractivity contribution in [2.45, 2.75) is 19.0 Å². The lowest BCUT2D eigenvalue weighted by molar-refractivity contribution is 0.515. The van der Waals surface area contributed by atoms with E-state index in [0.717, 1.165) is 19.5 Å². The average molecular weight is 272 g/mol. The molecule has 2 aromatic rings. The first-order valence-electron chi connectivity index (χ1n) is 6.73. The molecule has 0 fully saturated rings. The van der Waals surface area contributed by atoms with Crippen LogP contribution in [0.25, 0.3) is 0 Å². The Labute approximate surface area is 117 Å². The number of benzene rings is 1. The smallest absolute Gasteiger partial charge is 0.226 e. The summed E-state index contributed by atoms with van der Waals surface area (Å²) in [6.07, 6.45) is 3.39. The highest BCUT2D eigenvalue weighted by Gasteiger charge is 2.27. The van der Waals surface area contributed by atoms with Crippen LogP contribution >= 0.6 is 0 Å². The van der Waals surface area contributed by atoms with E-state index >= 15 is 0 Å². The van der Waals surface area contributed by atoms with Crippen LogP contribution in [0.5, 0.6) is 0 Å². The molecule has 1 aromatic carbocycles. The predicted octanol–water partition coefficient (Wildman–Crippen LogP) is 1.77. The molecule has 0 amide bonds. The summed E-state index contributed by atoms with van der Waals surface area (Å²) < 4.78 is 13.0. The van der Waals surface area contributed by atoms with Crippen molar-refractivity contribution >= 4 is 5.95 Å². The quantitative estimate of drug-likeness (QED) is 0.924. The summed E-state index contributed by atoms with van der Waals surface area (Å²) in [5, 5.41) is 3.21. The van der Waals surface area contributed by atoms with Crippen molar-refractivity contribution in [1.82, 2.24) is 15.3 Å².